The smallest absolute Gasteiger partial charge is 0.434 e. The molecule has 0 N–H and O–H groups in total. The summed E-state index contributed by atoms with van der Waals surface area (Å²) in [6.07, 6.45) is 2.50. The number of hydrogen-bond donors (Lipinski definition) is 0. The molecule has 0 saturated carbocycles. The first-order valence-corrected chi connectivity index (χ1v) is 5.70. The van der Waals surface area contributed by atoms with Gasteiger partial charge in [0.2, 0.25) is 0 Å². The number of hydrogen-bond acceptors (Lipinski definition) is 3. The molecule has 0 aliphatic carbocycles. The van der Waals surface area contributed by atoms with Crippen molar-refractivity contribution >= 4 is 6.16 Å². The number of carbonyl (C=O) groups is 1. The topological polar surface area (TPSA) is 35.5 Å². The number of para-hydroxylation sites is 1. The summed E-state index contributed by atoms with van der Waals surface area (Å²) in [5, 5.41) is 0. The van der Waals surface area contributed by atoms with Crippen LogP contribution in [0.25, 0.3) is 0 Å². The Bertz CT molecular complexity index is 334. The van der Waals surface area contributed by atoms with Crippen LogP contribution in [-0.2, 0) is 11.2 Å². The molecule has 1 aromatic carbocycles. The number of carbonyl (C=O) groups excluding carboxylic acids is 1. The van der Waals surface area contributed by atoms with Crippen LogP contribution in [-0.4, -0.2) is 12.8 Å². The Balaban J connectivity index is 2.66. The van der Waals surface area contributed by atoms with Crippen molar-refractivity contribution in [2.75, 3.05) is 6.61 Å². The Morgan fingerprint density at radius 1 is 1.25 bits per heavy atom. The van der Waals surface area contributed by atoms with E-state index in [-0.39, 0.29) is 0 Å². The van der Waals surface area contributed by atoms with E-state index < -0.39 is 6.16 Å². The molecule has 3 heteroatoms. The van der Waals surface area contributed by atoms with Crippen LogP contribution in [0.3, 0.4) is 0 Å². The quantitative estimate of drug-likeness (QED) is 0.564. The molecular weight excluding hydrogens is 204 g/mol. The first-order chi connectivity index (χ1) is 7.77. The fraction of sp³-hybridized carbons (Fsp3) is 0.462. The van der Waals surface area contributed by atoms with Gasteiger partial charge in [-0.25, -0.2) is 4.79 Å². The summed E-state index contributed by atoms with van der Waals surface area (Å²) in [7, 11) is 0. The van der Waals surface area contributed by atoms with Gasteiger partial charge in [0.15, 0.2) is 0 Å². The molecule has 0 aliphatic heterocycles. The Morgan fingerprint density at radius 3 is 2.69 bits per heavy atom. The summed E-state index contributed by atoms with van der Waals surface area (Å²) in [6.45, 7) is 4.22. The van der Waals surface area contributed by atoms with Crippen LogP contribution in [0.4, 0.5) is 4.79 Å². The molecule has 16 heavy (non-hydrogen) atoms. The fourth-order valence-corrected chi connectivity index (χ4v) is 1.41. The molecule has 88 valence electrons. The Kier molecular flexibility index (Phi) is 5.40. The molecule has 3 nitrogen and oxygen atoms in total. The number of ether oxygens (including phenoxy) is 2. The number of rotatable bonds is 5. The highest BCUT2D eigenvalue weighted by atomic mass is 16.7. The summed E-state index contributed by atoms with van der Waals surface area (Å²) in [6, 6.07) is 7.57. The van der Waals surface area contributed by atoms with E-state index in [2.05, 4.69) is 6.92 Å². The molecule has 0 radical (unpaired) electrons. The van der Waals surface area contributed by atoms with E-state index in [1.165, 1.54) is 0 Å². The predicted octanol–water partition coefficient (Wildman–Crippen LogP) is 3.56. The molecule has 0 fully saturated rings. The molecule has 0 spiro atoms. The van der Waals surface area contributed by atoms with Gasteiger partial charge in [0.1, 0.15) is 5.75 Å². The second kappa shape index (κ2) is 6.88. The van der Waals surface area contributed by atoms with Gasteiger partial charge in [-0.05, 0) is 31.4 Å². The Labute approximate surface area is 96.4 Å². The highest BCUT2D eigenvalue weighted by molar-refractivity contribution is 5.64. The van der Waals surface area contributed by atoms with Crippen molar-refractivity contribution in [2.45, 2.75) is 33.1 Å². The van der Waals surface area contributed by atoms with Crippen LogP contribution >= 0.6 is 0 Å². The molecule has 0 unspecified atom stereocenters. The van der Waals surface area contributed by atoms with E-state index in [4.69, 9.17) is 9.47 Å². The third kappa shape index (κ3) is 3.93. The molecule has 0 aromatic heterocycles. The maximum Gasteiger partial charge on any atom is 0.513 e. The lowest BCUT2D eigenvalue weighted by Crippen LogP contribution is -2.11. The van der Waals surface area contributed by atoms with Crippen molar-refractivity contribution in [3.8, 4) is 5.75 Å². The molecule has 0 atom stereocenters. The first-order valence-electron chi connectivity index (χ1n) is 5.70. The van der Waals surface area contributed by atoms with Crippen LogP contribution in [0.15, 0.2) is 24.3 Å². The van der Waals surface area contributed by atoms with Gasteiger partial charge < -0.3 is 9.47 Å². The lowest BCUT2D eigenvalue weighted by Gasteiger charge is -2.08. The van der Waals surface area contributed by atoms with Gasteiger partial charge in [-0.1, -0.05) is 31.5 Å². The van der Waals surface area contributed by atoms with E-state index in [0.717, 1.165) is 24.8 Å². The number of unbranched alkanes of at least 4 members (excludes halogenated alkanes) is 1. The summed E-state index contributed by atoms with van der Waals surface area (Å²) >= 11 is 0. The van der Waals surface area contributed by atoms with E-state index in [0.29, 0.717) is 12.4 Å². The fourth-order valence-electron chi connectivity index (χ4n) is 1.41. The molecule has 1 aromatic rings. The second-order valence-corrected chi connectivity index (χ2v) is 3.50. The largest absolute Gasteiger partial charge is 0.513 e. The van der Waals surface area contributed by atoms with Crippen molar-refractivity contribution in [3.05, 3.63) is 29.8 Å². The third-order valence-electron chi connectivity index (χ3n) is 2.23. The Morgan fingerprint density at radius 2 is 2.00 bits per heavy atom. The minimum absolute atomic E-state index is 0.329. The highest BCUT2D eigenvalue weighted by Gasteiger charge is 2.08. The molecule has 0 amide bonds. The van der Waals surface area contributed by atoms with Gasteiger partial charge in [-0.15, -0.1) is 0 Å². The van der Waals surface area contributed by atoms with Crippen molar-refractivity contribution in [3.63, 3.8) is 0 Å². The Hall–Kier alpha value is -1.51. The van der Waals surface area contributed by atoms with Gasteiger partial charge >= 0.3 is 6.16 Å². The standard InChI is InChI=1S/C13H18O3/c1-3-5-8-11-9-6-7-10-12(11)16-13(14)15-4-2/h6-7,9-10H,3-5,8H2,1-2H3. The van der Waals surface area contributed by atoms with Gasteiger partial charge in [0.05, 0.1) is 6.61 Å². The van der Waals surface area contributed by atoms with Gasteiger partial charge in [-0.2, -0.15) is 0 Å². The average molecular weight is 222 g/mol. The van der Waals surface area contributed by atoms with E-state index in [1.807, 2.05) is 18.2 Å². The summed E-state index contributed by atoms with van der Waals surface area (Å²) < 4.78 is 9.87. The summed E-state index contributed by atoms with van der Waals surface area (Å²) in [5.74, 6) is 0.606. The number of benzene rings is 1. The first kappa shape index (κ1) is 12.6. The monoisotopic (exact) mass is 222 g/mol. The van der Waals surface area contributed by atoms with Crippen LogP contribution in [0.2, 0.25) is 0 Å². The SMILES string of the molecule is CCCCc1ccccc1OC(=O)OCC. The van der Waals surface area contributed by atoms with Crippen LogP contribution in [0.5, 0.6) is 5.75 Å². The maximum absolute atomic E-state index is 11.2. The maximum atomic E-state index is 11.2. The lowest BCUT2D eigenvalue weighted by atomic mass is 10.1. The molecule has 1 rings (SSSR count). The normalized spacial score (nSPS) is 9.88. The molecule has 0 aliphatic rings. The zero-order chi connectivity index (χ0) is 11.8. The van der Waals surface area contributed by atoms with Crippen LogP contribution in [0, 0.1) is 0 Å². The second-order valence-electron chi connectivity index (χ2n) is 3.50. The number of aryl methyl sites for hydroxylation is 1. The highest BCUT2D eigenvalue weighted by Crippen LogP contribution is 2.20. The molecule has 0 heterocycles. The van der Waals surface area contributed by atoms with E-state index in [1.54, 1.807) is 13.0 Å². The molecular formula is C13H18O3. The zero-order valence-electron chi connectivity index (χ0n) is 9.86. The van der Waals surface area contributed by atoms with Crippen molar-refractivity contribution in [1.29, 1.82) is 0 Å². The van der Waals surface area contributed by atoms with Crippen molar-refractivity contribution in [1.82, 2.24) is 0 Å². The van der Waals surface area contributed by atoms with Crippen molar-refractivity contribution in [2.24, 2.45) is 0 Å². The summed E-state index contributed by atoms with van der Waals surface area (Å²) in [5.41, 5.74) is 1.05. The minimum Gasteiger partial charge on any atom is -0.434 e. The minimum atomic E-state index is -0.633. The summed E-state index contributed by atoms with van der Waals surface area (Å²) in [4.78, 5) is 11.2. The van der Waals surface area contributed by atoms with Crippen molar-refractivity contribution < 1.29 is 14.3 Å². The van der Waals surface area contributed by atoms with Crippen LogP contribution in [0.1, 0.15) is 32.3 Å². The van der Waals surface area contributed by atoms with Gasteiger partial charge in [-0.3, -0.25) is 0 Å². The molecule has 0 bridgehead atoms. The zero-order valence-corrected chi connectivity index (χ0v) is 9.86. The predicted molar refractivity (Wildman–Crippen MR) is 62.7 cm³/mol. The van der Waals surface area contributed by atoms with Gasteiger partial charge in [0.25, 0.3) is 0 Å². The lowest BCUT2D eigenvalue weighted by molar-refractivity contribution is 0.104. The van der Waals surface area contributed by atoms with E-state index >= 15 is 0 Å². The average Bonchev–Trinajstić information content (AvgIpc) is 2.28. The van der Waals surface area contributed by atoms with Gasteiger partial charge in [0, 0.05) is 0 Å². The van der Waals surface area contributed by atoms with Crippen LogP contribution < -0.4 is 4.74 Å². The third-order valence-corrected chi connectivity index (χ3v) is 2.23. The molecule has 0 saturated heterocycles. The van der Waals surface area contributed by atoms with E-state index in [9.17, 15) is 4.79 Å².